The van der Waals surface area contributed by atoms with Crippen molar-refractivity contribution < 1.29 is 9.53 Å². The molecule has 21 heavy (non-hydrogen) atoms. The highest BCUT2D eigenvalue weighted by molar-refractivity contribution is 9.11. The van der Waals surface area contributed by atoms with E-state index >= 15 is 0 Å². The van der Waals surface area contributed by atoms with Gasteiger partial charge in [0.15, 0.2) is 5.75 Å². The van der Waals surface area contributed by atoms with Crippen LogP contribution in [0.15, 0.2) is 27.1 Å². The van der Waals surface area contributed by atoms with E-state index in [2.05, 4.69) is 36.8 Å². The number of nitrogens with zero attached hydrogens (tertiary/aromatic N) is 2. The van der Waals surface area contributed by atoms with Gasteiger partial charge >= 0.3 is 6.09 Å². The molecule has 0 unspecified atom stereocenters. The smallest absolute Gasteiger partial charge is 0.407 e. The molecule has 1 aliphatic rings. The summed E-state index contributed by atoms with van der Waals surface area (Å²) in [5, 5.41) is 0.924. The predicted octanol–water partition coefficient (Wildman–Crippen LogP) is 4.66. The number of ether oxygens (including phenoxy) is 1. The predicted molar refractivity (Wildman–Crippen MR) is 88.7 cm³/mol. The van der Waals surface area contributed by atoms with Gasteiger partial charge in [0.05, 0.1) is 4.47 Å². The van der Waals surface area contributed by atoms with Gasteiger partial charge in [-0.25, -0.2) is 9.78 Å². The zero-order valence-corrected chi connectivity index (χ0v) is 14.7. The maximum Gasteiger partial charge on any atom is 0.415 e. The standard InChI is InChI=1S/C15H14Br2N2O2/c1-9-4-5-10-11(16)8-12(17)14(13(10)18-9)21-15(20)19-6-2-3-7-19/h4-5,8H,2-3,6-7H2,1H3. The van der Waals surface area contributed by atoms with Crippen molar-refractivity contribution in [1.29, 1.82) is 0 Å². The molecule has 0 spiro atoms. The van der Waals surface area contributed by atoms with Crippen molar-refractivity contribution in [2.24, 2.45) is 0 Å². The molecule has 0 saturated carbocycles. The van der Waals surface area contributed by atoms with E-state index in [0.717, 1.165) is 41.5 Å². The molecule has 3 rings (SSSR count). The molecule has 4 nitrogen and oxygen atoms in total. The van der Waals surface area contributed by atoms with E-state index in [-0.39, 0.29) is 6.09 Å². The second kappa shape index (κ2) is 5.93. The first-order valence-electron chi connectivity index (χ1n) is 6.78. The van der Waals surface area contributed by atoms with Crippen LogP contribution in [0.5, 0.6) is 5.75 Å². The van der Waals surface area contributed by atoms with Crippen molar-refractivity contribution in [3.05, 3.63) is 32.8 Å². The second-order valence-corrected chi connectivity index (χ2v) is 6.79. The Balaban J connectivity index is 2.04. The van der Waals surface area contributed by atoms with Gasteiger partial charge in [-0.1, -0.05) is 15.9 Å². The number of likely N-dealkylation sites (tertiary alicyclic amines) is 1. The molecule has 0 aliphatic carbocycles. The van der Waals surface area contributed by atoms with Crippen molar-refractivity contribution in [2.45, 2.75) is 19.8 Å². The lowest BCUT2D eigenvalue weighted by Gasteiger charge is -2.17. The van der Waals surface area contributed by atoms with Gasteiger partial charge in [-0.15, -0.1) is 0 Å². The first kappa shape index (κ1) is 14.8. The molecule has 1 aliphatic heterocycles. The van der Waals surface area contributed by atoms with E-state index in [9.17, 15) is 4.79 Å². The van der Waals surface area contributed by atoms with Crippen molar-refractivity contribution in [3.63, 3.8) is 0 Å². The molecule has 0 atom stereocenters. The number of aryl methyl sites for hydroxylation is 1. The maximum atomic E-state index is 12.2. The van der Waals surface area contributed by atoms with Crippen LogP contribution in [0.2, 0.25) is 0 Å². The minimum Gasteiger partial charge on any atom is -0.407 e. The Morgan fingerprint density at radius 2 is 1.95 bits per heavy atom. The topological polar surface area (TPSA) is 42.4 Å². The molecule has 0 N–H and O–H groups in total. The monoisotopic (exact) mass is 412 g/mol. The number of carbonyl (C=O) groups is 1. The summed E-state index contributed by atoms with van der Waals surface area (Å²) >= 11 is 6.98. The molecular weight excluding hydrogens is 400 g/mol. The van der Waals surface area contributed by atoms with Crippen molar-refractivity contribution in [1.82, 2.24) is 9.88 Å². The molecule has 2 aromatic rings. The molecular formula is C15H14Br2N2O2. The van der Waals surface area contributed by atoms with Crippen molar-refractivity contribution in [2.75, 3.05) is 13.1 Å². The number of rotatable bonds is 1. The Labute approximate surface area is 139 Å². The van der Waals surface area contributed by atoms with E-state index in [1.807, 2.05) is 25.1 Å². The molecule has 110 valence electrons. The Morgan fingerprint density at radius 1 is 1.24 bits per heavy atom. The first-order chi connectivity index (χ1) is 10.1. The number of fused-ring (bicyclic) bond motifs is 1. The molecule has 1 saturated heterocycles. The van der Waals surface area contributed by atoms with Crippen LogP contribution in [0.1, 0.15) is 18.5 Å². The van der Waals surface area contributed by atoms with Gasteiger partial charge in [0, 0.05) is 28.6 Å². The Bertz CT molecular complexity index is 712. The van der Waals surface area contributed by atoms with Gasteiger partial charge < -0.3 is 9.64 Å². The number of hydrogen-bond donors (Lipinski definition) is 0. The molecule has 0 bridgehead atoms. The van der Waals surface area contributed by atoms with Crippen LogP contribution in [0.3, 0.4) is 0 Å². The summed E-state index contributed by atoms with van der Waals surface area (Å²) in [4.78, 5) is 18.5. The maximum absolute atomic E-state index is 12.2. The van der Waals surface area contributed by atoms with Gasteiger partial charge in [0.1, 0.15) is 5.52 Å². The summed E-state index contributed by atoms with van der Waals surface area (Å²) in [5.74, 6) is 0.480. The molecule has 0 radical (unpaired) electrons. The number of carbonyl (C=O) groups excluding carboxylic acids is 1. The van der Waals surface area contributed by atoms with E-state index < -0.39 is 0 Å². The minimum atomic E-state index is -0.305. The Hall–Kier alpha value is -1.14. The lowest BCUT2D eigenvalue weighted by atomic mass is 10.2. The lowest BCUT2D eigenvalue weighted by Crippen LogP contribution is -2.30. The number of halogens is 2. The van der Waals surface area contributed by atoms with Gasteiger partial charge in [0.25, 0.3) is 0 Å². The van der Waals surface area contributed by atoms with Gasteiger partial charge in [-0.05, 0) is 53.9 Å². The summed E-state index contributed by atoms with van der Waals surface area (Å²) in [5.41, 5.74) is 1.56. The number of pyridine rings is 1. The molecule has 1 fully saturated rings. The van der Waals surface area contributed by atoms with Gasteiger partial charge in [0.2, 0.25) is 0 Å². The average Bonchev–Trinajstić information content (AvgIpc) is 2.97. The zero-order valence-electron chi connectivity index (χ0n) is 11.5. The highest BCUT2D eigenvalue weighted by Crippen LogP contribution is 2.38. The molecule has 6 heteroatoms. The fourth-order valence-electron chi connectivity index (χ4n) is 2.44. The third-order valence-electron chi connectivity index (χ3n) is 3.53. The van der Waals surface area contributed by atoms with Crippen LogP contribution in [0.4, 0.5) is 4.79 Å². The lowest BCUT2D eigenvalue weighted by molar-refractivity contribution is 0.163. The quantitative estimate of drug-likeness (QED) is 0.682. The van der Waals surface area contributed by atoms with Gasteiger partial charge in [-0.2, -0.15) is 0 Å². The summed E-state index contributed by atoms with van der Waals surface area (Å²) < 4.78 is 7.24. The first-order valence-corrected chi connectivity index (χ1v) is 8.37. The normalized spacial score (nSPS) is 14.7. The van der Waals surface area contributed by atoms with E-state index in [0.29, 0.717) is 15.7 Å². The van der Waals surface area contributed by atoms with E-state index in [1.165, 1.54) is 0 Å². The zero-order chi connectivity index (χ0) is 15.0. The van der Waals surface area contributed by atoms with Crippen LogP contribution in [0.25, 0.3) is 10.9 Å². The summed E-state index contributed by atoms with van der Waals surface area (Å²) in [6, 6.07) is 5.79. The summed E-state index contributed by atoms with van der Waals surface area (Å²) in [7, 11) is 0. The molecule has 1 aromatic carbocycles. The largest absolute Gasteiger partial charge is 0.415 e. The third-order valence-corrected chi connectivity index (χ3v) is 4.78. The number of aromatic nitrogens is 1. The Morgan fingerprint density at radius 3 is 2.67 bits per heavy atom. The van der Waals surface area contributed by atoms with Gasteiger partial charge in [-0.3, -0.25) is 0 Å². The fourth-order valence-corrected chi connectivity index (χ4v) is 3.79. The average molecular weight is 414 g/mol. The summed E-state index contributed by atoms with van der Waals surface area (Å²) in [6.07, 6.45) is 1.77. The highest BCUT2D eigenvalue weighted by atomic mass is 79.9. The fraction of sp³-hybridized carbons (Fsp3) is 0.333. The molecule has 2 heterocycles. The number of amides is 1. The SMILES string of the molecule is Cc1ccc2c(Br)cc(Br)c(OC(=O)N3CCCC3)c2n1. The number of benzene rings is 1. The Kier molecular flexibility index (Phi) is 4.17. The second-order valence-electron chi connectivity index (χ2n) is 5.08. The highest BCUT2D eigenvalue weighted by Gasteiger charge is 2.22. The van der Waals surface area contributed by atoms with Crippen molar-refractivity contribution in [3.8, 4) is 5.75 Å². The van der Waals surface area contributed by atoms with Crippen LogP contribution < -0.4 is 4.74 Å². The number of hydrogen-bond acceptors (Lipinski definition) is 3. The summed E-state index contributed by atoms with van der Waals surface area (Å²) in [6.45, 7) is 3.44. The molecule has 1 amide bonds. The van der Waals surface area contributed by atoms with Crippen LogP contribution >= 0.6 is 31.9 Å². The molecule has 1 aromatic heterocycles. The minimum absolute atomic E-state index is 0.305. The van der Waals surface area contributed by atoms with Crippen molar-refractivity contribution >= 4 is 48.9 Å². The van der Waals surface area contributed by atoms with Crippen LogP contribution in [0, 0.1) is 6.92 Å². The van der Waals surface area contributed by atoms with E-state index in [4.69, 9.17) is 4.74 Å². The third kappa shape index (κ3) is 2.92. The van der Waals surface area contributed by atoms with Crippen LogP contribution in [-0.4, -0.2) is 29.1 Å². The van der Waals surface area contributed by atoms with Crippen LogP contribution in [-0.2, 0) is 0 Å². The van der Waals surface area contributed by atoms with E-state index in [1.54, 1.807) is 4.90 Å².